The van der Waals surface area contributed by atoms with Gasteiger partial charge in [0.2, 0.25) is 5.76 Å². The number of carbonyl (C=O) groups excluding carboxylic acids is 1. The zero-order valence-electron chi connectivity index (χ0n) is 12.2. The summed E-state index contributed by atoms with van der Waals surface area (Å²) < 4.78 is 15.4. The largest absolute Gasteiger partial charge is 0.508 e. The number of phenolic OH excluding ortho intramolecular Hbond substituents is 1. The smallest absolute Gasteiger partial charge is 0.379 e. The van der Waals surface area contributed by atoms with Crippen molar-refractivity contribution in [3.63, 3.8) is 0 Å². The molecule has 4 rings (SSSR count). The first-order valence-corrected chi connectivity index (χ1v) is 7.07. The molecule has 0 bridgehead atoms. The molecule has 1 N–H and O–H groups in total. The van der Waals surface area contributed by atoms with Gasteiger partial charge in [-0.1, -0.05) is 0 Å². The molecule has 2 heterocycles. The van der Waals surface area contributed by atoms with E-state index in [1.165, 1.54) is 30.5 Å². The lowest BCUT2D eigenvalue weighted by Gasteiger charge is -2.06. The molecule has 24 heavy (non-hydrogen) atoms. The molecule has 0 saturated heterocycles. The van der Waals surface area contributed by atoms with Crippen LogP contribution in [0, 0.1) is 0 Å². The van der Waals surface area contributed by atoms with Crippen molar-refractivity contribution in [2.75, 3.05) is 0 Å². The van der Waals surface area contributed by atoms with Crippen LogP contribution in [-0.2, 0) is 0 Å². The Bertz CT molecular complexity index is 1120. The number of furan rings is 1. The molecule has 4 aromatic rings. The lowest BCUT2D eigenvalue weighted by Crippen LogP contribution is -2.07. The van der Waals surface area contributed by atoms with Gasteiger partial charge in [0, 0.05) is 16.8 Å². The van der Waals surface area contributed by atoms with Gasteiger partial charge in [-0.2, -0.15) is 0 Å². The highest BCUT2D eigenvalue weighted by molar-refractivity contribution is 6.05. The van der Waals surface area contributed by atoms with E-state index < -0.39 is 11.6 Å². The zero-order valence-corrected chi connectivity index (χ0v) is 12.2. The summed E-state index contributed by atoms with van der Waals surface area (Å²) in [6.07, 6.45) is 1.37. The summed E-state index contributed by atoms with van der Waals surface area (Å²) >= 11 is 0. The van der Waals surface area contributed by atoms with Crippen LogP contribution in [0.4, 0.5) is 0 Å². The van der Waals surface area contributed by atoms with Crippen LogP contribution in [0.5, 0.6) is 11.5 Å². The number of esters is 1. The van der Waals surface area contributed by atoms with Gasteiger partial charge in [0.15, 0.2) is 0 Å². The minimum atomic E-state index is -0.646. The van der Waals surface area contributed by atoms with E-state index in [1.54, 1.807) is 24.3 Å². The maximum absolute atomic E-state index is 12.1. The Morgan fingerprint density at radius 1 is 1.00 bits per heavy atom. The summed E-state index contributed by atoms with van der Waals surface area (Å²) in [4.78, 5) is 24.0. The maximum atomic E-state index is 12.1. The van der Waals surface area contributed by atoms with E-state index in [4.69, 9.17) is 13.6 Å². The van der Waals surface area contributed by atoms with Crippen LogP contribution in [0.25, 0.3) is 21.7 Å². The highest BCUT2D eigenvalue weighted by atomic mass is 16.5. The Hall–Kier alpha value is -3.54. The average Bonchev–Trinajstić information content (AvgIpc) is 3.09. The number of ether oxygens (including phenoxy) is 1. The Morgan fingerprint density at radius 2 is 1.83 bits per heavy atom. The molecule has 0 aliphatic heterocycles. The van der Waals surface area contributed by atoms with Gasteiger partial charge in [-0.25, -0.2) is 9.59 Å². The van der Waals surface area contributed by atoms with Crippen molar-refractivity contribution in [2.45, 2.75) is 0 Å². The SMILES string of the molecule is O=C(Oc1ccc2c(c1)oc(=O)c1cc(O)ccc12)c1ccco1. The fourth-order valence-corrected chi connectivity index (χ4v) is 2.52. The standard InChI is InChI=1S/C18H10O6/c19-10-3-5-12-13-6-4-11(23-18(21)15-2-1-7-22-15)9-16(13)24-17(20)14(12)8-10/h1-9,19H. The van der Waals surface area contributed by atoms with Crippen LogP contribution < -0.4 is 10.4 Å². The Kier molecular flexibility index (Phi) is 3.09. The van der Waals surface area contributed by atoms with E-state index in [1.807, 2.05) is 0 Å². The summed E-state index contributed by atoms with van der Waals surface area (Å²) in [5.41, 5.74) is -0.300. The van der Waals surface area contributed by atoms with E-state index in [0.717, 1.165) is 0 Å². The minimum Gasteiger partial charge on any atom is -0.508 e. The maximum Gasteiger partial charge on any atom is 0.379 e. The monoisotopic (exact) mass is 322 g/mol. The predicted octanol–water partition coefficient (Wildman–Crippen LogP) is 3.46. The molecule has 0 amide bonds. The Morgan fingerprint density at radius 3 is 2.62 bits per heavy atom. The fourth-order valence-electron chi connectivity index (χ4n) is 2.52. The number of hydrogen-bond donors (Lipinski definition) is 1. The highest BCUT2D eigenvalue weighted by Gasteiger charge is 2.13. The molecule has 2 aromatic carbocycles. The molecule has 0 aliphatic rings. The van der Waals surface area contributed by atoms with Gasteiger partial charge in [-0.05, 0) is 42.5 Å². The molecule has 118 valence electrons. The third-order valence-electron chi connectivity index (χ3n) is 3.60. The third kappa shape index (κ3) is 2.30. The molecule has 6 nitrogen and oxygen atoms in total. The second kappa shape index (κ2) is 5.27. The molecule has 0 spiro atoms. The molecule has 0 radical (unpaired) electrons. The van der Waals surface area contributed by atoms with Gasteiger partial charge in [0.25, 0.3) is 0 Å². The van der Waals surface area contributed by atoms with E-state index in [9.17, 15) is 14.7 Å². The quantitative estimate of drug-likeness (QED) is 0.263. The van der Waals surface area contributed by atoms with Crippen molar-refractivity contribution in [1.82, 2.24) is 0 Å². The molecule has 0 aliphatic carbocycles. The number of rotatable bonds is 2. The first-order valence-electron chi connectivity index (χ1n) is 7.07. The molecular weight excluding hydrogens is 312 g/mol. The van der Waals surface area contributed by atoms with Crippen LogP contribution >= 0.6 is 0 Å². The summed E-state index contributed by atoms with van der Waals surface area (Å²) in [5, 5.41) is 11.1. The van der Waals surface area contributed by atoms with Crippen molar-refractivity contribution in [2.24, 2.45) is 0 Å². The fraction of sp³-hybridized carbons (Fsp3) is 0. The van der Waals surface area contributed by atoms with Gasteiger partial charge in [0.1, 0.15) is 17.1 Å². The van der Waals surface area contributed by atoms with Crippen molar-refractivity contribution < 1.29 is 23.5 Å². The number of benzene rings is 2. The van der Waals surface area contributed by atoms with Crippen LogP contribution in [0.3, 0.4) is 0 Å². The van der Waals surface area contributed by atoms with E-state index in [2.05, 4.69) is 0 Å². The number of aromatic hydroxyl groups is 1. The number of phenols is 1. The van der Waals surface area contributed by atoms with Crippen molar-refractivity contribution in [3.05, 3.63) is 71.0 Å². The Labute approximate surface area is 134 Å². The van der Waals surface area contributed by atoms with Crippen molar-refractivity contribution in [3.8, 4) is 11.5 Å². The van der Waals surface area contributed by atoms with E-state index in [-0.39, 0.29) is 28.2 Å². The molecule has 0 saturated carbocycles. The molecule has 0 unspecified atom stereocenters. The van der Waals surface area contributed by atoms with E-state index >= 15 is 0 Å². The number of hydrogen-bond acceptors (Lipinski definition) is 6. The minimum absolute atomic E-state index is 0.0156. The van der Waals surface area contributed by atoms with Crippen LogP contribution in [0.15, 0.2) is 68.4 Å². The summed E-state index contributed by atoms with van der Waals surface area (Å²) in [5.74, 6) is -0.360. The summed E-state index contributed by atoms with van der Waals surface area (Å²) in [6.45, 7) is 0. The van der Waals surface area contributed by atoms with Gasteiger partial charge in [-0.15, -0.1) is 0 Å². The van der Waals surface area contributed by atoms with Crippen LogP contribution in [-0.4, -0.2) is 11.1 Å². The topological polar surface area (TPSA) is 89.9 Å². The van der Waals surface area contributed by atoms with Gasteiger partial charge in [-0.3, -0.25) is 0 Å². The number of fused-ring (bicyclic) bond motifs is 3. The number of carbonyl (C=O) groups is 1. The first-order chi connectivity index (χ1) is 11.6. The van der Waals surface area contributed by atoms with Gasteiger partial charge < -0.3 is 18.7 Å². The predicted molar refractivity (Wildman–Crippen MR) is 85.3 cm³/mol. The van der Waals surface area contributed by atoms with Gasteiger partial charge in [0.05, 0.1) is 11.6 Å². The second-order valence-corrected chi connectivity index (χ2v) is 5.14. The van der Waals surface area contributed by atoms with E-state index in [0.29, 0.717) is 10.8 Å². The lowest BCUT2D eigenvalue weighted by molar-refractivity contribution is 0.0701. The second-order valence-electron chi connectivity index (χ2n) is 5.14. The average molecular weight is 322 g/mol. The zero-order chi connectivity index (χ0) is 16.7. The molecule has 2 aromatic heterocycles. The summed E-state index contributed by atoms with van der Waals surface area (Å²) in [7, 11) is 0. The third-order valence-corrected chi connectivity index (χ3v) is 3.60. The molecule has 0 atom stereocenters. The van der Waals surface area contributed by atoms with Gasteiger partial charge >= 0.3 is 11.6 Å². The van der Waals surface area contributed by atoms with Crippen LogP contribution in [0.2, 0.25) is 0 Å². The highest BCUT2D eigenvalue weighted by Crippen LogP contribution is 2.28. The molecular formula is C18H10O6. The molecule has 6 heteroatoms. The van der Waals surface area contributed by atoms with Crippen molar-refractivity contribution >= 4 is 27.7 Å². The molecule has 0 fully saturated rings. The van der Waals surface area contributed by atoms with Crippen LogP contribution in [0.1, 0.15) is 10.6 Å². The van der Waals surface area contributed by atoms with Crippen molar-refractivity contribution in [1.29, 1.82) is 0 Å². The normalized spacial score (nSPS) is 11.0. The summed E-state index contributed by atoms with van der Waals surface area (Å²) in [6, 6.07) is 12.3. The lowest BCUT2D eigenvalue weighted by atomic mass is 10.1. The first kappa shape index (κ1) is 14.1. The Balaban J connectivity index is 1.81.